The lowest BCUT2D eigenvalue weighted by molar-refractivity contribution is -0.253. The number of anilines is 2. The molecule has 1 amide bonds. The number of benzene rings is 2. The highest BCUT2D eigenvalue weighted by molar-refractivity contribution is 6.12. The first-order valence-corrected chi connectivity index (χ1v) is 10.3. The van der Waals surface area contributed by atoms with Crippen LogP contribution in [0.4, 0.5) is 24.5 Å². The van der Waals surface area contributed by atoms with Crippen molar-refractivity contribution in [2.24, 2.45) is 5.10 Å². The Balaban J connectivity index is 1.52. The maximum atomic E-state index is 13.8. The minimum Gasteiger partial charge on any atom is -0.368 e. The summed E-state index contributed by atoms with van der Waals surface area (Å²) in [5, 5.41) is 14.8. The summed E-state index contributed by atoms with van der Waals surface area (Å²) >= 11 is 0. The number of nitrogens with one attached hydrogen (secondary N) is 1. The van der Waals surface area contributed by atoms with Crippen molar-refractivity contribution in [3.8, 4) is 0 Å². The monoisotopic (exact) mass is 466 g/mol. The number of nitrogens with zero attached hydrogens (tertiary/aromatic N) is 3. The number of para-hydroxylation sites is 1. The zero-order chi connectivity index (χ0) is 24.1. The summed E-state index contributed by atoms with van der Waals surface area (Å²) < 4.78 is 41.4. The first kappa shape index (κ1) is 21.8. The van der Waals surface area contributed by atoms with Gasteiger partial charge in [-0.15, -0.1) is 0 Å². The van der Waals surface area contributed by atoms with Gasteiger partial charge in [-0.25, -0.2) is 0 Å². The number of hydrogen-bond donors (Lipinski definition) is 2. The summed E-state index contributed by atoms with van der Waals surface area (Å²) in [5.41, 5.74) is 1.31. The third-order valence-corrected chi connectivity index (χ3v) is 5.95. The van der Waals surface area contributed by atoms with Crippen molar-refractivity contribution >= 4 is 29.3 Å². The van der Waals surface area contributed by atoms with E-state index in [1.807, 2.05) is 18.2 Å². The summed E-state index contributed by atoms with van der Waals surface area (Å²) in [6, 6.07) is 13.4. The summed E-state index contributed by atoms with van der Waals surface area (Å²) in [7, 11) is 0. The minimum absolute atomic E-state index is 0.0675. The molecule has 172 valence electrons. The molecule has 0 saturated heterocycles. The zero-order valence-corrected chi connectivity index (χ0v) is 17.5. The molecule has 7 nitrogen and oxygen atoms in total. The van der Waals surface area contributed by atoms with Crippen molar-refractivity contribution in [2.45, 2.75) is 24.2 Å². The number of amides is 1. The lowest BCUT2D eigenvalue weighted by Crippen LogP contribution is -2.49. The van der Waals surface area contributed by atoms with Gasteiger partial charge in [-0.05, 0) is 23.3 Å². The number of aromatic nitrogens is 1. The fourth-order valence-corrected chi connectivity index (χ4v) is 4.32. The molecule has 5 rings (SSSR count). The average Bonchev–Trinajstić information content (AvgIpc) is 3.07. The van der Waals surface area contributed by atoms with Gasteiger partial charge in [-0.3, -0.25) is 20.1 Å². The van der Waals surface area contributed by atoms with E-state index in [-0.39, 0.29) is 17.8 Å². The van der Waals surface area contributed by atoms with Crippen molar-refractivity contribution in [1.29, 1.82) is 0 Å². The van der Waals surface area contributed by atoms with E-state index in [1.165, 1.54) is 36.7 Å². The van der Waals surface area contributed by atoms with E-state index >= 15 is 0 Å². The molecule has 2 unspecified atom stereocenters. The maximum absolute atomic E-state index is 13.8. The largest absolute Gasteiger partial charge is 0.430 e. The highest BCUT2D eigenvalue weighted by Gasteiger charge is 2.67. The second kappa shape index (κ2) is 7.77. The van der Waals surface area contributed by atoms with Gasteiger partial charge in [0.25, 0.3) is 11.5 Å². The number of rotatable bonds is 4. The molecule has 0 radical (unpaired) electrons. The summed E-state index contributed by atoms with van der Waals surface area (Å²) in [5.74, 6) is -1.52. The third-order valence-electron chi connectivity index (χ3n) is 5.95. The highest BCUT2D eigenvalue weighted by Crippen LogP contribution is 2.51. The zero-order valence-electron chi connectivity index (χ0n) is 17.5. The number of carbonyl (C=O) groups excluding carboxylic acids is 2. The van der Waals surface area contributed by atoms with E-state index in [2.05, 4.69) is 15.5 Å². The van der Waals surface area contributed by atoms with E-state index < -0.39 is 29.3 Å². The molecule has 2 aliphatic heterocycles. The van der Waals surface area contributed by atoms with Crippen LogP contribution in [0.5, 0.6) is 0 Å². The van der Waals surface area contributed by atoms with Crippen molar-refractivity contribution in [3.05, 3.63) is 89.2 Å². The average molecular weight is 466 g/mol. The molecule has 34 heavy (non-hydrogen) atoms. The van der Waals surface area contributed by atoms with Crippen molar-refractivity contribution in [1.82, 2.24) is 10.4 Å². The first-order valence-electron chi connectivity index (χ1n) is 10.3. The molecular formula is C24H17F3N4O3. The van der Waals surface area contributed by atoms with Gasteiger partial charge in [0.1, 0.15) is 12.3 Å². The Morgan fingerprint density at radius 2 is 1.85 bits per heavy atom. The van der Waals surface area contributed by atoms with Gasteiger partial charge in [-0.1, -0.05) is 42.5 Å². The summed E-state index contributed by atoms with van der Waals surface area (Å²) in [6.07, 6.45) is -1.44. The minimum atomic E-state index is -5.21. The summed E-state index contributed by atoms with van der Waals surface area (Å²) in [6.45, 7) is 0. The lowest BCUT2D eigenvalue weighted by Gasteiger charge is -2.25. The molecule has 2 atom stereocenters. The second-order valence-electron chi connectivity index (χ2n) is 7.98. The Hall–Kier alpha value is -4.05. The smallest absolute Gasteiger partial charge is 0.368 e. The molecule has 2 aromatic carbocycles. The highest BCUT2D eigenvalue weighted by atomic mass is 19.4. The standard InChI is InChI=1S/C24H17F3N4O3/c25-24(26,27)23(34)18-7-3-4-8-21(18)31(22(23)33)15-9-14(11-28-12-15)10-19-16-5-1-2-6-17(16)20(13-32)30-29-19/h1-9,11-13,20,30,34H,10H2. The molecule has 0 bridgehead atoms. The molecule has 2 aliphatic rings. The Kier molecular flexibility index (Phi) is 4.98. The quantitative estimate of drug-likeness (QED) is 0.576. The molecule has 1 aromatic heterocycles. The van der Waals surface area contributed by atoms with E-state index in [0.29, 0.717) is 11.3 Å². The molecule has 10 heteroatoms. The van der Waals surface area contributed by atoms with Gasteiger partial charge >= 0.3 is 6.18 Å². The fraction of sp³-hybridized carbons (Fsp3) is 0.167. The van der Waals surface area contributed by atoms with Crippen LogP contribution in [0, 0.1) is 0 Å². The molecule has 3 heterocycles. The van der Waals surface area contributed by atoms with E-state index in [1.54, 1.807) is 6.07 Å². The van der Waals surface area contributed by atoms with Crippen LogP contribution in [0.2, 0.25) is 0 Å². The maximum Gasteiger partial charge on any atom is 0.430 e. The molecule has 0 aliphatic carbocycles. The van der Waals surface area contributed by atoms with Crippen LogP contribution < -0.4 is 10.3 Å². The van der Waals surface area contributed by atoms with Crippen LogP contribution in [0.25, 0.3) is 0 Å². The van der Waals surface area contributed by atoms with Crippen LogP contribution in [-0.2, 0) is 21.6 Å². The number of hydrazone groups is 1. The number of carbonyl (C=O) groups is 2. The fourth-order valence-electron chi connectivity index (χ4n) is 4.32. The summed E-state index contributed by atoms with van der Waals surface area (Å²) in [4.78, 5) is 29.2. The van der Waals surface area contributed by atoms with E-state index in [4.69, 9.17) is 0 Å². The molecule has 3 aromatic rings. The van der Waals surface area contributed by atoms with Crippen LogP contribution in [-0.4, -0.2) is 34.2 Å². The van der Waals surface area contributed by atoms with Crippen molar-refractivity contribution in [3.63, 3.8) is 0 Å². The molecular weight excluding hydrogens is 449 g/mol. The Bertz CT molecular complexity index is 1340. The SMILES string of the molecule is O=CC1NN=C(Cc2cncc(N3C(=O)C(O)(C(F)(F)F)c4ccccc43)c2)c2ccccc21. The van der Waals surface area contributed by atoms with Crippen molar-refractivity contribution in [2.75, 3.05) is 4.90 Å². The molecule has 0 spiro atoms. The molecule has 0 fully saturated rings. The molecule has 0 saturated carbocycles. The number of pyridine rings is 1. The number of hydrogen-bond acceptors (Lipinski definition) is 6. The number of halogens is 3. The first-order chi connectivity index (χ1) is 16.3. The second-order valence-corrected chi connectivity index (χ2v) is 7.98. The predicted molar refractivity (Wildman–Crippen MR) is 116 cm³/mol. The molecule has 2 N–H and O–H groups in total. The van der Waals surface area contributed by atoms with Gasteiger partial charge in [0.2, 0.25) is 0 Å². The van der Waals surface area contributed by atoms with Crippen LogP contribution in [0.3, 0.4) is 0 Å². The van der Waals surface area contributed by atoms with E-state index in [0.717, 1.165) is 28.4 Å². The number of alkyl halides is 3. The van der Waals surface area contributed by atoms with Gasteiger partial charge in [-0.2, -0.15) is 18.3 Å². The van der Waals surface area contributed by atoms with Crippen LogP contribution >= 0.6 is 0 Å². The van der Waals surface area contributed by atoms with E-state index in [9.17, 15) is 27.9 Å². The number of fused-ring (bicyclic) bond motifs is 2. The normalized spacial score (nSPS) is 21.4. The third kappa shape index (κ3) is 3.18. The topological polar surface area (TPSA) is 94.9 Å². The van der Waals surface area contributed by atoms with Crippen molar-refractivity contribution < 1.29 is 27.9 Å². The predicted octanol–water partition coefficient (Wildman–Crippen LogP) is 3.30. The van der Waals surface area contributed by atoms with Gasteiger partial charge in [0.05, 0.1) is 23.3 Å². The van der Waals surface area contributed by atoms with Gasteiger partial charge < -0.3 is 9.90 Å². The number of aliphatic hydroxyl groups is 1. The van der Waals surface area contributed by atoms with Gasteiger partial charge in [0.15, 0.2) is 0 Å². The Morgan fingerprint density at radius 1 is 1.12 bits per heavy atom. The van der Waals surface area contributed by atoms with Crippen LogP contribution in [0.1, 0.15) is 28.3 Å². The Labute approximate surface area is 191 Å². The van der Waals surface area contributed by atoms with Crippen LogP contribution in [0.15, 0.2) is 72.1 Å². The Morgan fingerprint density at radius 3 is 2.62 bits per heavy atom. The lowest BCUT2D eigenvalue weighted by atomic mass is 9.93. The van der Waals surface area contributed by atoms with Gasteiger partial charge in [0, 0.05) is 23.7 Å². The number of aldehydes is 1.